The highest BCUT2D eigenvalue weighted by molar-refractivity contribution is 5.78. The Kier molecular flexibility index (Phi) is 8.71. The van der Waals surface area contributed by atoms with E-state index in [9.17, 15) is 18.0 Å². The van der Waals surface area contributed by atoms with Crippen LogP contribution in [0.4, 0.5) is 30.6 Å². The SMILES string of the molecule is CC(C)CN(C)Cc1ccc(Nc2ncc(C(F)(F)F)c(NCCCN3CCCC3=O)n2)cc1. The number of nitrogens with one attached hydrogen (secondary N) is 2. The van der Waals surface area contributed by atoms with E-state index < -0.39 is 11.7 Å². The summed E-state index contributed by atoms with van der Waals surface area (Å²) in [5.74, 6) is 0.481. The van der Waals surface area contributed by atoms with Crippen LogP contribution < -0.4 is 10.6 Å². The average molecular weight is 479 g/mol. The summed E-state index contributed by atoms with van der Waals surface area (Å²) in [6, 6.07) is 7.67. The minimum absolute atomic E-state index is 0.0786. The molecule has 186 valence electrons. The van der Waals surface area contributed by atoms with Crippen molar-refractivity contribution in [2.45, 2.75) is 45.8 Å². The fraction of sp³-hybridized carbons (Fsp3) is 0.542. The maximum atomic E-state index is 13.4. The lowest BCUT2D eigenvalue weighted by Gasteiger charge is -2.19. The van der Waals surface area contributed by atoms with Crippen molar-refractivity contribution in [3.05, 3.63) is 41.6 Å². The number of hydrogen-bond acceptors (Lipinski definition) is 6. The molecule has 0 bridgehead atoms. The largest absolute Gasteiger partial charge is 0.421 e. The summed E-state index contributed by atoms with van der Waals surface area (Å²) in [4.78, 5) is 23.6. The quantitative estimate of drug-likeness (QED) is 0.454. The van der Waals surface area contributed by atoms with E-state index in [0.29, 0.717) is 37.5 Å². The van der Waals surface area contributed by atoms with Gasteiger partial charge in [0.1, 0.15) is 11.4 Å². The molecule has 0 spiro atoms. The standard InChI is InChI=1S/C24H33F3N6O/c1-17(2)15-32(3)16-18-7-9-19(10-8-18)30-23-29-14-20(24(25,26)27)22(31-23)28-11-5-13-33-12-4-6-21(33)34/h7-10,14,17H,4-6,11-13,15-16H2,1-3H3,(H2,28,29,30,31). The molecule has 1 aromatic carbocycles. The number of benzene rings is 1. The fourth-order valence-corrected chi connectivity index (χ4v) is 4.02. The van der Waals surface area contributed by atoms with Crippen LogP contribution >= 0.6 is 0 Å². The van der Waals surface area contributed by atoms with Crippen molar-refractivity contribution in [3.63, 3.8) is 0 Å². The summed E-state index contributed by atoms with van der Waals surface area (Å²) in [7, 11) is 2.07. The van der Waals surface area contributed by atoms with Crippen LogP contribution in [0.15, 0.2) is 30.5 Å². The van der Waals surface area contributed by atoms with E-state index in [1.165, 1.54) is 0 Å². The van der Waals surface area contributed by atoms with Gasteiger partial charge in [-0.1, -0.05) is 26.0 Å². The molecule has 1 amide bonds. The van der Waals surface area contributed by atoms with Crippen LogP contribution in [0.2, 0.25) is 0 Å². The molecule has 0 radical (unpaired) electrons. The molecule has 1 aliphatic heterocycles. The summed E-state index contributed by atoms with van der Waals surface area (Å²) in [5.41, 5.74) is 0.910. The number of aromatic nitrogens is 2. The molecule has 2 aromatic rings. The molecule has 0 atom stereocenters. The van der Waals surface area contributed by atoms with Crippen molar-refractivity contribution in [3.8, 4) is 0 Å². The van der Waals surface area contributed by atoms with E-state index in [0.717, 1.165) is 31.3 Å². The van der Waals surface area contributed by atoms with Crippen LogP contribution in [0.25, 0.3) is 0 Å². The van der Waals surface area contributed by atoms with Gasteiger partial charge in [0.25, 0.3) is 0 Å². The van der Waals surface area contributed by atoms with Gasteiger partial charge in [-0.2, -0.15) is 18.2 Å². The third-order valence-corrected chi connectivity index (χ3v) is 5.50. The zero-order valence-electron chi connectivity index (χ0n) is 20.0. The number of rotatable bonds is 11. The molecular formula is C24H33F3N6O. The van der Waals surface area contributed by atoms with Crippen LogP contribution in [-0.2, 0) is 17.5 Å². The maximum Gasteiger partial charge on any atom is 0.421 e. The van der Waals surface area contributed by atoms with Crippen molar-refractivity contribution in [1.82, 2.24) is 19.8 Å². The molecule has 0 unspecified atom stereocenters. The highest BCUT2D eigenvalue weighted by Crippen LogP contribution is 2.34. The Labute approximate surface area is 198 Å². The molecular weight excluding hydrogens is 445 g/mol. The predicted octanol–water partition coefficient (Wildman–Crippen LogP) is 4.75. The van der Waals surface area contributed by atoms with Gasteiger partial charge in [0.15, 0.2) is 0 Å². The zero-order valence-corrected chi connectivity index (χ0v) is 20.0. The van der Waals surface area contributed by atoms with Gasteiger partial charge in [0.2, 0.25) is 11.9 Å². The molecule has 1 fully saturated rings. The number of halogens is 3. The Balaban J connectivity index is 1.62. The Hall–Kier alpha value is -2.88. The van der Waals surface area contributed by atoms with Gasteiger partial charge in [-0.3, -0.25) is 4.79 Å². The van der Waals surface area contributed by atoms with Crippen LogP contribution in [-0.4, -0.2) is 58.9 Å². The van der Waals surface area contributed by atoms with E-state index >= 15 is 0 Å². The second-order valence-corrected chi connectivity index (χ2v) is 9.13. The topological polar surface area (TPSA) is 73.4 Å². The normalized spacial score (nSPS) is 14.4. The van der Waals surface area contributed by atoms with Gasteiger partial charge in [-0.05, 0) is 43.5 Å². The van der Waals surface area contributed by atoms with Gasteiger partial charge in [0, 0.05) is 51.0 Å². The zero-order chi connectivity index (χ0) is 24.7. The van der Waals surface area contributed by atoms with Crippen molar-refractivity contribution >= 4 is 23.4 Å². The first-order valence-electron chi connectivity index (χ1n) is 11.6. The summed E-state index contributed by atoms with van der Waals surface area (Å²) >= 11 is 0. The second-order valence-electron chi connectivity index (χ2n) is 9.13. The number of anilines is 3. The van der Waals surface area contributed by atoms with Crippen LogP contribution in [0.1, 0.15) is 44.2 Å². The number of nitrogens with zero attached hydrogens (tertiary/aromatic N) is 4. The number of carbonyl (C=O) groups is 1. The first kappa shape index (κ1) is 25.7. The number of carbonyl (C=O) groups excluding carboxylic acids is 1. The Bertz CT molecular complexity index is 949. The fourth-order valence-electron chi connectivity index (χ4n) is 4.02. The van der Waals surface area contributed by atoms with E-state index in [4.69, 9.17) is 0 Å². The third-order valence-electron chi connectivity index (χ3n) is 5.50. The minimum Gasteiger partial charge on any atom is -0.369 e. The second kappa shape index (κ2) is 11.5. The Morgan fingerprint density at radius 2 is 1.94 bits per heavy atom. The molecule has 3 rings (SSSR count). The van der Waals surface area contributed by atoms with Crippen LogP contribution in [0.5, 0.6) is 0 Å². The lowest BCUT2D eigenvalue weighted by Crippen LogP contribution is -2.27. The monoisotopic (exact) mass is 478 g/mol. The van der Waals surface area contributed by atoms with E-state index in [2.05, 4.69) is 46.4 Å². The van der Waals surface area contributed by atoms with Crippen LogP contribution in [0.3, 0.4) is 0 Å². The van der Waals surface area contributed by atoms with E-state index in [-0.39, 0.29) is 24.2 Å². The van der Waals surface area contributed by atoms with Crippen molar-refractivity contribution in [1.29, 1.82) is 0 Å². The average Bonchev–Trinajstić information content (AvgIpc) is 3.16. The molecule has 1 saturated heterocycles. The lowest BCUT2D eigenvalue weighted by molar-refractivity contribution is -0.137. The van der Waals surface area contributed by atoms with E-state index in [1.54, 1.807) is 4.90 Å². The molecule has 7 nitrogen and oxygen atoms in total. The highest BCUT2D eigenvalue weighted by atomic mass is 19.4. The van der Waals surface area contributed by atoms with Crippen molar-refractivity contribution in [2.24, 2.45) is 5.92 Å². The molecule has 10 heteroatoms. The number of hydrogen-bond donors (Lipinski definition) is 2. The minimum atomic E-state index is -4.57. The molecule has 34 heavy (non-hydrogen) atoms. The van der Waals surface area contributed by atoms with E-state index in [1.807, 2.05) is 24.3 Å². The van der Waals surface area contributed by atoms with Gasteiger partial charge in [-0.25, -0.2) is 4.98 Å². The molecule has 0 saturated carbocycles. The molecule has 2 N–H and O–H groups in total. The summed E-state index contributed by atoms with van der Waals surface area (Å²) in [5, 5.41) is 5.76. The lowest BCUT2D eigenvalue weighted by atomic mass is 10.1. The summed E-state index contributed by atoms with van der Waals surface area (Å²) in [6.45, 7) is 7.64. The van der Waals surface area contributed by atoms with Crippen LogP contribution in [0, 0.1) is 5.92 Å². The Morgan fingerprint density at radius 1 is 1.21 bits per heavy atom. The van der Waals surface area contributed by atoms with Gasteiger partial charge >= 0.3 is 6.18 Å². The first-order valence-corrected chi connectivity index (χ1v) is 11.6. The summed E-state index contributed by atoms with van der Waals surface area (Å²) in [6.07, 6.45) is -1.88. The van der Waals surface area contributed by atoms with Gasteiger partial charge < -0.3 is 20.4 Å². The number of amides is 1. The smallest absolute Gasteiger partial charge is 0.369 e. The molecule has 1 aromatic heterocycles. The van der Waals surface area contributed by atoms with Gasteiger partial charge in [0.05, 0.1) is 0 Å². The summed E-state index contributed by atoms with van der Waals surface area (Å²) < 4.78 is 40.3. The highest BCUT2D eigenvalue weighted by Gasteiger charge is 2.35. The third kappa shape index (κ3) is 7.58. The molecule has 1 aliphatic rings. The van der Waals surface area contributed by atoms with Gasteiger partial charge in [-0.15, -0.1) is 0 Å². The van der Waals surface area contributed by atoms with Crippen molar-refractivity contribution < 1.29 is 18.0 Å². The predicted molar refractivity (Wildman–Crippen MR) is 127 cm³/mol. The number of alkyl halides is 3. The first-order chi connectivity index (χ1) is 16.1. The number of likely N-dealkylation sites (tertiary alicyclic amines) is 1. The Morgan fingerprint density at radius 3 is 2.56 bits per heavy atom. The molecule has 2 heterocycles. The van der Waals surface area contributed by atoms with Crippen molar-refractivity contribution in [2.75, 3.05) is 43.9 Å². The molecule has 0 aliphatic carbocycles. The maximum absolute atomic E-state index is 13.4.